The third-order valence-corrected chi connectivity index (χ3v) is 19.9. The van der Waals surface area contributed by atoms with E-state index in [0.717, 1.165) is 25.7 Å². The van der Waals surface area contributed by atoms with Gasteiger partial charge in [0.05, 0.1) is 31.2 Å². The molecule has 27 heteroatoms. The Hall–Kier alpha value is -8.00. The van der Waals surface area contributed by atoms with Gasteiger partial charge in [-0.15, -0.1) is 12.4 Å². The SMILES string of the molecule is CN(C)C(=O)[C@@H](NC(=O)CNC(=O)C(=O)C(CC1CC1)NC(=O)C1C2[C@H](CN1C(=O)C(N)C(C)(C)C)C2(C)C)c1ccccc1.CN(C)C(=O)[C@@H](NC(=O)CNC(=O)C(=O)C(CC1CC1)NC(=O)C1C2[C@H](CN1C(=O)C(NC(=O)NC(C)(C)C)C(C)(C)C)C2(C)C)c1ccccc1.Cl. The quantitative estimate of drug-likeness (QED) is 0.0646. The molecule has 2 aromatic rings. The second kappa shape index (κ2) is 31.0. The summed E-state index contributed by atoms with van der Waals surface area (Å²) in [4.78, 5) is 179. The van der Waals surface area contributed by atoms with Gasteiger partial charge in [-0.25, -0.2) is 4.79 Å². The standard InChI is InChI=1S/C38H57N7O7.C33H48N6O6.ClH/c1-36(2,3)30(42-35(52)43-37(4,5)6)34(51)45-20-23-26(38(23,7)8)28(45)31(48)40-24(18-21-16-17-21)29(47)32(49)39-19-25(46)41-27(33(50)44(9)10)22-14-12-11-13-15-22;1-32(2,3)27(34)31(45)39-17-20-23(33(20,4)5)25(39)28(42)36-21(15-18-13-14-18)26(41)29(43)35-16-22(40)37-24(30(44)38(6)7)19-11-9-8-10-12-19;/h11-15,21,23-24,26-28,30H,16-20H2,1-10H3,(H,39,49)(H,40,48)(H,41,46)(H2,42,43,52);8-12,18,20-21,23-25,27H,13-17,34H2,1-7H3,(H,35,43)(H,36,42)(H,37,40);1H/t23-,24?,26?,27-,28?,30?;20-,21?,23?,24-,25?,27?;/m00./s1. The molecule has 26 nitrogen and oxygen atoms in total. The van der Waals surface area contributed by atoms with Gasteiger partial charge in [-0.3, -0.25) is 57.5 Å². The number of urea groups is 1. The zero-order valence-electron chi connectivity index (χ0n) is 60.0. The van der Waals surface area contributed by atoms with Gasteiger partial charge in [0.2, 0.25) is 58.8 Å². The van der Waals surface area contributed by atoms with Crippen LogP contribution in [-0.4, -0.2) is 192 Å². The van der Waals surface area contributed by atoms with E-state index in [1.165, 1.54) is 14.7 Å². The summed E-state index contributed by atoms with van der Waals surface area (Å²) in [6, 6.07) is 9.19. The molecule has 0 spiro atoms. The first-order valence-corrected chi connectivity index (χ1v) is 33.8. The number of nitrogens with one attached hydrogen (secondary N) is 8. The number of nitrogens with zero attached hydrogens (tertiary/aromatic N) is 4. The van der Waals surface area contributed by atoms with Crippen molar-refractivity contribution < 1.29 is 62.3 Å². The highest BCUT2D eigenvalue weighted by Crippen LogP contribution is 2.66. The van der Waals surface area contributed by atoms with Crippen LogP contribution in [0.3, 0.4) is 0 Å². The average molecular weight is 1390 g/mol. The minimum atomic E-state index is -1.16. The lowest BCUT2D eigenvalue weighted by Crippen LogP contribution is -2.62. The minimum absolute atomic E-state index is 0. The van der Waals surface area contributed by atoms with Crippen molar-refractivity contribution in [2.45, 2.75) is 182 Å². The molecule has 0 aromatic heterocycles. The summed E-state index contributed by atoms with van der Waals surface area (Å²) >= 11 is 0. The van der Waals surface area contributed by atoms with Gasteiger partial charge in [0.1, 0.15) is 30.2 Å². The Morgan fingerprint density at radius 3 is 1.19 bits per heavy atom. The lowest BCUT2D eigenvalue weighted by Gasteiger charge is -2.38. The van der Waals surface area contributed by atoms with Gasteiger partial charge in [-0.1, -0.05) is 156 Å². The van der Waals surface area contributed by atoms with Crippen LogP contribution in [0.25, 0.3) is 0 Å². The fourth-order valence-electron chi connectivity index (χ4n) is 13.5. The Balaban J connectivity index is 0.000000309. The maximum Gasteiger partial charge on any atom is 0.315 e. The predicted molar refractivity (Wildman–Crippen MR) is 368 cm³/mol. The van der Waals surface area contributed by atoms with Crippen molar-refractivity contribution in [1.29, 1.82) is 0 Å². The summed E-state index contributed by atoms with van der Waals surface area (Å²) in [5.41, 5.74) is 5.33. The van der Waals surface area contributed by atoms with Crippen molar-refractivity contribution in [2.24, 2.45) is 62.9 Å². The first-order valence-electron chi connectivity index (χ1n) is 33.8. The van der Waals surface area contributed by atoms with Crippen LogP contribution in [0.1, 0.15) is 152 Å². The van der Waals surface area contributed by atoms with Crippen molar-refractivity contribution in [3.8, 4) is 0 Å². The summed E-state index contributed by atoms with van der Waals surface area (Å²) in [7, 11) is 6.28. The Kier molecular flexibility index (Phi) is 25.0. The molecular formula is C71H106ClN13O13. The molecule has 12 amide bonds. The maximum atomic E-state index is 14.2. The summed E-state index contributed by atoms with van der Waals surface area (Å²) in [6.45, 7) is 24.5. The highest BCUT2D eigenvalue weighted by Gasteiger charge is 2.71. The second-order valence-corrected chi connectivity index (χ2v) is 32.1. The Labute approximate surface area is 582 Å². The number of ketones is 2. The molecule has 2 saturated heterocycles. The van der Waals surface area contributed by atoms with Crippen LogP contribution in [0, 0.1) is 57.2 Å². The van der Waals surface area contributed by atoms with E-state index in [9.17, 15) is 62.3 Å². The number of amides is 12. The number of benzene rings is 2. The lowest BCUT2D eigenvalue weighted by molar-refractivity contribution is -0.145. The predicted octanol–water partition coefficient (Wildman–Crippen LogP) is 3.08. The van der Waals surface area contributed by atoms with E-state index in [0.29, 0.717) is 24.2 Å². The monoisotopic (exact) mass is 1380 g/mol. The van der Waals surface area contributed by atoms with Crippen molar-refractivity contribution in [2.75, 3.05) is 54.4 Å². The minimum Gasteiger partial charge on any atom is -0.347 e. The number of nitrogens with two attached hydrogens (primary N) is 1. The number of likely N-dealkylation sites (N-methyl/N-ethyl adjacent to an activating group) is 2. The Bertz CT molecular complexity index is 3340. The summed E-state index contributed by atoms with van der Waals surface area (Å²) in [5, 5.41) is 21.3. The van der Waals surface area contributed by atoms with Crippen LogP contribution in [-0.2, 0) is 57.5 Å². The number of likely N-dealkylation sites (tertiary alicyclic amines) is 2. The van der Waals surface area contributed by atoms with E-state index in [1.54, 1.807) is 93.8 Å². The zero-order valence-corrected chi connectivity index (χ0v) is 60.8. The van der Waals surface area contributed by atoms with Gasteiger partial charge in [0, 0.05) is 46.8 Å². The number of hydrogen-bond donors (Lipinski definition) is 9. The third kappa shape index (κ3) is 19.5. The highest BCUT2D eigenvalue weighted by atomic mass is 35.5. The third-order valence-electron chi connectivity index (χ3n) is 19.9. The van der Waals surface area contributed by atoms with Crippen LogP contribution in [0.2, 0.25) is 0 Å². The van der Waals surface area contributed by atoms with Crippen LogP contribution in [0.5, 0.6) is 0 Å². The molecule has 0 bridgehead atoms. The van der Waals surface area contributed by atoms with E-state index in [1.807, 2.05) is 76.2 Å². The van der Waals surface area contributed by atoms with Gasteiger partial charge < -0.3 is 67.9 Å². The van der Waals surface area contributed by atoms with Crippen molar-refractivity contribution >= 4 is 89.1 Å². The molecule has 98 heavy (non-hydrogen) atoms. The van der Waals surface area contributed by atoms with E-state index >= 15 is 0 Å². The van der Waals surface area contributed by atoms with Crippen molar-refractivity contribution in [3.05, 3.63) is 71.8 Å². The van der Waals surface area contributed by atoms with Gasteiger partial charge in [0.15, 0.2) is 0 Å². The number of Topliss-reactive ketones (excluding diaryl/α,β-unsaturated/α-hetero) is 2. The molecule has 8 unspecified atom stereocenters. The number of halogens is 1. The molecule has 540 valence electrons. The molecule has 2 aromatic carbocycles. The van der Waals surface area contributed by atoms with Crippen molar-refractivity contribution in [3.63, 3.8) is 0 Å². The van der Waals surface area contributed by atoms with E-state index in [2.05, 4.69) is 56.4 Å². The van der Waals surface area contributed by atoms with Crippen molar-refractivity contribution in [1.82, 2.24) is 62.1 Å². The number of hydrogen-bond acceptors (Lipinski definition) is 14. The van der Waals surface area contributed by atoms with Crippen LogP contribution in [0.4, 0.5) is 4.79 Å². The molecule has 6 aliphatic rings. The fraction of sp³-hybridized carbons (Fsp3) is 0.648. The second-order valence-electron chi connectivity index (χ2n) is 32.1. The fourth-order valence-corrected chi connectivity index (χ4v) is 13.5. The smallest absolute Gasteiger partial charge is 0.315 e. The first-order chi connectivity index (χ1) is 45.0. The van der Waals surface area contributed by atoms with Gasteiger partial charge in [0.25, 0.3) is 11.8 Å². The van der Waals surface area contributed by atoms with Crippen LogP contribution < -0.4 is 48.3 Å². The van der Waals surface area contributed by atoms with E-state index in [-0.39, 0.29) is 89.3 Å². The molecule has 2 heterocycles. The van der Waals surface area contributed by atoms with Gasteiger partial charge in [-0.2, -0.15) is 0 Å². The average Bonchev–Trinajstić information content (AvgIpc) is 1.53. The van der Waals surface area contributed by atoms with E-state index in [4.69, 9.17) is 5.73 Å². The molecule has 10 N–H and O–H groups in total. The molecule has 2 aliphatic heterocycles. The Morgan fingerprint density at radius 1 is 0.520 bits per heavy atom. The topological polar surface area (TPSA) is 357 Å². The zero-order chi connectivity index (χ0) is 72.4. The number of fused-ring (bicyclic) bond motifs is 2. The molecule has 4 saturated carbocycles. The molecule has 6 fully saturated rings. The molecule has 12 atom stereocenters. The first kappa shape index (κ1) is 79.0. The lowest BCUT2D eigenvalue weighted by atomic mass is 9.85. The Morgan fingerprint density at radius 2 is 0.878 bits per heavy atom. The number of piperidine rings is 2. The van der Waals surface area contributed by atoms with E-state index < -0.39 is 137 Å². The molecular weight excluding hydrogens is 1280 g/mol. The molecule has 4 aliphatic carbocycles. The summed E-state index contributed by atoms with van der Waals surface area (Å²) in [6.07, 6.45) is 4.01. The normalized spacial score (nSPS) is 22.6. The summed E-state index contributed by atoms with van der Waals surface area (Å²) < 4.78 is 0. The van der Waals surface area contributed by atoms with Gasteiger partial charge in [-0.05, 0) is 102 Å². The number of rotatable bonds is 25. The molecule has 0 radical (unpaired) electrons. The number of carbonyl (C=O) groups is 13. The van der Waals surface area contributed by atoms with Crippen LogP contribution in [0.15, 0.2) is 60.7 Å². The maximum absolute atomic E-state index is 14.2. The summed E-state index contributed by atoms with van der Waals surface area (Å²) in [5.74, 6) is -7.27. The largest absolute Gasteiger partial charge is 0.347 e. The highest BCUT2D eigenvalue weighted by molar-refractivity contribution is 6.39. The number of carbonyl (C=O) groups excluding carboxylic acids is 13. The van der Waals surface area contributed by atoms with Gasteiger partial charge >= 0.3 is 6.03 Å². The molecule has 8 rings (SSSR count). The van der Waals surface area contributed by atoms with Crippen LogP contribution >= 0.6 is 12.4 Å².